The Kier molecular flexibility index (Phi) is 5.17. The average molecular weight is 408 g/mol. The molecule has 3 nitrogen and oxygen atoms in total. The smallest absolute Gasteiger partial charge is 0.202 e. The first-order chi connectivity index (χ1) is 15.2. The van der Waals surface area contributed by atoms with Crippen LogP contribution in [0.2, 0.25) is 0 Å². The van der Waals surface area contributed by atoms with Gasteiger partial charge in [-0.15, -0.1) is 0 Å². The molecular formula is C28H27N2O+. The van der Waals surface area contributed by atoms with Crippen molar-refractivity contribution in [2.24, 2.45) is 0 Å². The lowest BCUT2D eigenvalue weighted by atomic mass is 10.1. The van der Waals surface area contributed by atoms with E-state index in [9.17, 15) is 0 Å². The number of fused-ring (bicyclic) bond motifs is 3. The normalized spacial score (nSPS) is 11.3. The van der Waals surface area contributed by atoms with E-state index in [2.05, 4.69) is 95.9 Å². The molecule has 2 aromatic heterocycles. The van der Waals surface area contributed by atoms with Crippen molar-refractivity contribution < 1.29 is 9.30 Å². The van der Waals surface area contributed by atoms with Crippen LogP contribution >= 0.6 is 0 Å². The van der Waals surface area contributed by atoms with Crippen LogP contribution in [0.3, 0.4) is 0 Å². The molecule has 5 aromatic rings. The molecule has 0 N–H and O–H groups in total. The zero-order valence-electron chi connectivity index (χ0n) is 18.1. The van der Waals surface area contributed by atoms with E-state index in [4.69, 9.17) is 4.74 Å². The van der Waals surface area contributed by atoms with Crippen LogP contribution in [-0.2, 0) is 19.7 Å². The van der Waals surface area contributed by atoms with E-state index in [0.717, 1.165) is 18.8 Å². The first-order valence-electron chi connectivity index (χ1n) is 10.9. The molecule has 0 amide bonds. The molecule has 3 heteroatoms. The first-order valence-corrected chi connectivity index (χ1v) is 10.9. The summed E-state index contributed by atoms with van der Waals surface area (Å²) in [5, 5.41) is 2.56. The lowest BCUT2D eigenvalue weighted by molar-refractivity contribution is -0.698. The Bertz CT molecular complexity index is 1340. The van der Waals surface area contributed by atoms with Gasteiger partial charge in [0.1, 0.15) is 24.4 Å². The highest BCUT2D eigenvalue weighted by Crippen LogP contribution is 2.33. The molecular weight excluding hydrogens is 380 g/mol. The highest BCUT2D eigenvalue weighted by atomic mass is 16.5. The zero-order chi connectivity index (χ0) is 21.2. The van der Waals surface area contributed by atoms with Crippen molar-refractivity contribution >= 4 is 21.8 Å². The summed E-state index contributed by atoms with van der Waals surface area (Å²) in [5.74, 6) is 0.898. The second kappa shape index (κ2) is 8.27. The van der Waals surface area contributed by atoms with Gasteiger partial charge in [-0.3, -0.25) is 0 Å². The van der Waals surface area contributed by atoms with Gasteiger partial charge in [-0.1, -0.05) is 60.7 Å². The summed E-state index contributed by atoms with van der Waals surface area (Å²) in [7, 11) is 0. The van der Waals surface area contributed by atoms with Gasteiger partial charge in [0.2, 0.25) is 5.69 Å². The predicted octanol–water partition coefficient (Wildman–Crippen LogP) is 6.04. The van der Waals surface area contributed by atoms with Crippen molar-refractivity contribution in [3.05, 3.63) is 108 Å². The molecule has 0 saturated heterocycles. The monoisotopic (exact) mass is 407 g/mol. The van der Waals surface area contributed by atoms with E-state index in [0.29, 0.717) is 6.61 Å². The summed E-state index contributed by atoms with van der Waals surface area (Å²) in [6.45, 7) is 6.77. The fourth-order valence-electron chi connectivity index (χ4n) is 4.43. The molecule has 0 atom stereocenters. The lowest BCUT2D eigenvalue weighted by Gasteiger charge is -2.10. The van der Waals surface area contributed by atoms with Crippen molar-refractivity contribution in [3.63, 3.8) is 0 Å². The third-order valence-electron chi connectivity index (χ3n) is 6.04. The third kappa shape index (κ3) is 3.68. The van der Waals surface area contributed by atoms with Gasteiger partial charge in [-0.25, -0.2) is 4.57 Å². The zero-order valence-corrected chi connectivity index (χ0v) is 18.1. The molecule has 0 unspecified atom stereocenters. The van der Waals surface area contributed by atoms with Crippen molar-refractivity contribution in [2.75, 3.05) is 0 Å². The molecule has 0 aliphatic heterocycles. The average Bonchev–Trinajstić information content (AvgIpc) is 3.13. The Balaban J connectivity index is 1.64. The number of pyridine rings is 1. The molecule has 2 heterocycles. The number of benzene rings is 3. The largest absolute Gasteiger partial charge is 0.489 e. The number of ether oxygens (including phenoxy) is 1. The highest BCUT2D eigenvalue weighted by molar-refractivity contribution is 6.08. The van der Waals surface area contributed by atoms with Crippen LogP contribution in [-0.4, -0.2) is 4.57 Å². The second-order valence-corrected chi connectivity index (χ2v) is 7.97. The number of aryl methyl sites for hydroxylation is 2. The summed E-state index contributed by atoms with van der Waals surface area (Å²) in [5.41, 5.74) is 6.26. The molecule has 5 rings (SSSR count). The Morgan fingerprint density at radius 3 is 2.23 bits per heavy atom. The number of hydrogen-bond acceptors (Lipinski definition) is 1. The van der Waals surface area contributed by atoms with Crippen LogP contribution in [0.1, 0.15) is 23.7 Å². The topological polar surface area (TPSA) is 18.0 Å². The minimum atomic E-state index is 0.570. The van der Waals surface area contributed by atoms with Crippen molar-refractivity contribution in [1.29, 1.82) is 0 Å². The van der Waals surface area contributed by atoms with Gasteiger partial charge < -0.3 is 9.30 Å². The molecule has 3 aromatic carbocycles. The Labute approximate surface area is 183 Å². The van der Waals surface area contributed by atoms with Gasteiger partial charge >= 0.3 is 0 Å². The first kappa shape index (κ1) is 19.4. The summed E-state index contributed by atoms with van der Waals surface area (Å²) >= 11 is 0. The minimum Gasteiger partial charge on any atom is -0.489 e. The molecule has 31 heavy (non-hydrogen) atoms. The quantitative estimate of drug-likeness (QED) is 0.314. The van der Waals surface area contributed by atoms with Crippen molar-refractivity contribution in [3.8, 4) is 5.75 Å². The third-order valence-corrected chi connectivity index (χ3v) is 6.04. The number of hydrogen-bond donors (Lipinski definition) is 0. The molecule has 0 bridgehead atoms. The maximum atomic E-state index is 6.16. The molecule has 0 aliphatic carbocycles. The van der Waals surface area contributed by atoms with Crippen LogP contribution < -0.4 is 9.30 Å². The summed E-state index contributed by atoms with van der Waals surface area (Å²) < 4.78 is 10.9. The van der Waals surface area contributed by atoms with E-state index in [1.165, 1.54) is 38.6 Å². The van der Waals surface area contributed by atoms with Crippen LogP contribution in [0.5, 0.6) is 5.75 Å². The second-order valence-electron chi connectivity index (χ2n) is 7.97. The fraction of sp³-hybridized carbons (Fsp3) is 0.179. The van der Waals surface area contributed by atoms with E-state index < -0.39 is 0 Å². The van der Waals surface area contributed by atoms with Gasteiger partial charge in [0.15, 0.2) is 6.20 Å². The predicted molar refractivity (Wildman–Crippen MR) is 126 cm³/mol. The Hall–Kier alpha value is -3.59. The van der Waals surface area contributed by atoms with Gasteiger partial charge in [-0.05, 0) is 30.2 Å². The highest BCUT2D eigenvalue weighted by Gasteiger charge is 2.19. The van der Waals surface area contributed by atoms with Gasteiger partial charge in [0.25, 0.3) is 0 Å². The number of rotatable bonds is 6. The SMILES string of the molecule is CC[n+]1ccc2c3ccc(OCc4ccccc4)cc3n(Cc3ccccc3)c2c1C. The van der Waals surface area contributed by atoms with Gasteiger partial charge in [0.05, 0.1) is 5.52 Å². The Morgan fingerprint density at radius 2 is 1.52 bits per heavy atom. The van der Waals surface area contributed by atoms with Crippen LogP contribution in [0.25, 0.3) is 21.8 Å². The molecule has 0 aliphatic rings. The maximum absolute atomic E-state index is 6.16. The fourth-order valence-corrected chi connectivity index (χ4v) is 4.43. The van der Waals surface area contributed by atoms with Gasteiger partial charge in [0, 0.05) is 36.4 Å². The molecule has 0 radical (unpaired) electrons. The minimum absolute atomic E-state index is 0.570. The number of aromatic nitrogens is 2. The van der Waals surface area contributed by atoms with Crippen LogP contribution in [0, 0.1) is 6.92 Å². The lowest BCUT2D eigenvalue weighted by Crippen LogP contribution is -2.35. The summed E-state index contributed by atoms with van der Waals surface area (Å²) in [6.07, 6.45) is 2.20. The summed E-state index contributed by atoms with van der Waals surface area (Å²) in [6, 6.07) is 29.7. The van der Waals surface area contributed by atoms with Crippen molar-refractivity contribution in [2.45, 2.75) is 33.5 Å². The maximum Gasteiger partial charge on any atom is 0.202 e. The summed E-state index contributed by atoms with van der Waals surface area (Å²) in [4.78, 5) is 0. The van der Waals surface area contributed by atoms with E-state index >= 15 is 0 Å². The molecule has 0 spiro atoms. The van der Waals surface area contributed by atoms with Crippen molar-refractivity contribution in [1.82, 2.24) is 4.57 Å². The standard InChI is InChI=1S/C28H27N2O/c1-3-29-17-16-26-25-15-14-24(31-20-23-12-8-5-9-13-23)18-27(25)30(28(26)21(29)2)19-22-10-6-4-7-11-22/h4-18H,3,19-20H2,1-2H3/q+1. The molecule has 154 valence electrons. The number of nitrogens with zero attached hydrogens (tertiary/aromatic N) is 2. The van der Waals surface area contributed by atoms with E-state index in [1.54, 1.807) is 0 Å². The Morgan fingerprint density at radius 1 is 0.806 bits per heavy atom. The molecule has 0 fully saturated rings. The van der Waals surface area contributed by atoms with Crippen LogP contribution in [0.15, 0.2) is 91.1 Å². The molecule has 0 saturated carbocycles. The van der Waals surface area contributed by atoms with Gasteiger partial charge in [-0.2, -0.15) is 0 Å². The van der Waals surface area contributed by atoms with E-state index in [1.807, 2.05) is 18.2 Å². The van der Waals surface area contributed by atoms with E-state index in [-0.39, 0.29) is 0 Å². The van der Waals surface area contributed by atoms with Crippen LogP contribution in [0.4, 0.5) is 0 Å².